The van der Waals surface area contributed by atoms with E-state index >= 15 is 0 Å². The first kappa shape index (κ1) is 21.7. The number of likely N-dealkylation sites (tertiary alicyclic amines) is 1. The lowest BCUT2D eigenvalue weighted by Crippen LogP contribution is -2.32. The zero-order valence-electron chi connectivity index (χ0n) is 18.1. The third kappa shape index (κ3) is 4.54. The van der Waals surface area contributed by atoms with Gasteiger partial charge in [0.2, 0.25) is 0 Å². The van der Waals surface area contributed by atoms with Crippen molar-refractivity contribution in [2.75, 3.05) is 13.1 Å². The van der Waals surface area contributed by atoms with Gasteiger partial charge in [-0.2, -0.15) is 0 Å². The Kier molecular flexibility index (Phi) is 6.03. The maximum absolute atomic E-state index is 13.7. The molecule has 2 aromatic carbocycles. The number of benzene rings is 2. The average molecular weight is 436 g/mol. The van der Waals surface area contributed by atoms with Crippen LogP contribution in [0.25, 0.3) is 11.3 Å². The van der Waals surface area contributed by atoms with Crippen LogP contribution in [0.1, 0.15) is 57.1 Å². The molecule has 1 N–H and O–H groups in total. The number of carboxylic acid groups (broad SMARTS) is 1. The summed E-state index contributed by atoms with van der Waals surface area (Å²) in [6.45, 7) is 4.82. The highest BCUT2D eigenvalue weighted by atomic mass is 19.1. The lowest BCUT2D eigenvalue weighted by molar-refractivity contribution is 0.0696. The molecule has 1 aliphatic heterocycles. The molecule has 1 amide bonds. The van der Waals surface area contributed by atoms with Gasteiger partial charge in [0.15, 0.2) is 0 Å². The molecule has 3 aromatic rings. The van der Waals surface area contributed by atoms with E-state index in [1.54, 1.807) is 30.0 Å². The topological polar surface area (TPSA) is 88.3 Å². The third-order valence-corrected chi connectivity index (χ3v) is 5.92. The summed E-state index contributed by atoms with van der Waals surface area (Å²) in [6, 6.07) is 9.40. The van der Waals surface area contributed by atoms with Crippen molar-refractivity contribution >= 4 is 11.9 Å². The van der Waals surface area contributed by atoms with Crippen LogP contribution in [0.15, 0.2) is 42.6 Å². The van der Waals surface area contributed by atoms with Gasteiger partial charge in [-0.15, -0.1) is 5.10 Å². The maximum Gasteiger partial charge on any atom is 0.335 e. The number of aromatic carboxylic acids is 1. The Bertz CT molecular complexity index is 1170. The Morgan fingerprint density at radius 3 is 2.62 bits per heavy atom. The number of halogens is 1. The van der Waals surface area contributed by atoms with E-state index in [2.05, 4.69) is 10.3 Å². The van der Waals surface area contributed by atoms with Crippen molar-refractivity contribution in [2.24, 2.45) is 0 Å². The summed E-state index contributed by atoms with van der Waals surface area (Å²) < 4.78 is 15.5. The van der Waals surface area contributed by atoms with Gasteiger partial charge in [0.25, 0.3) is 5.91 Å². The number of hydrogen-bond acceptors (Lipinski definition) is 4. The van der Waals surface area contributed by atoms with E-state index in [0.29, 0.717) is 30.8 Å². The Labute approximate surface area is 185 Å². The zero-order valence-corrected chi connectivity index (χ0v) is 18.1. The van der Waals surface area contributed by atoms with E-state index in [1.165, 1.54) is 18.2 Å². The molecular formula is C24H25FN4O3. The molecule has 1 saturated heterocycles. The van der Waals surface area contributed by atoms with Crippen molar-refractivity contribution in [1.82, 2.24) is 19.9 Å². The van der Waals surface area contributed by atoms with Gasteiger partial charge < -0.3 is 10.0 Å². The molecule has 0 spiro atoms. The summed E-state index contributed by atoms with van der Waals surface area (Å²) in [5.41, 5.74) is 3.52. The van der Waals surface area contributed by atoms with E-state index in [1.807, 2.05) is 17.8 Å². The first-order chi connectivity index (χ1) is 15.3. The number of nitrogens with zero attached hydrogens (tertiary/aromatic N) is 4. The van der Waals surface area contributed by atoms with Gasteiger partial charge in [-0.3, -0.25) is 4.79 Å². The van der Waals surface area contributed by atoms with Crippen LogP contribution in [0, 0.1) is 19.7 Å². The molecule has 1 atom stereocenters. The zero-order chi connectivity index (χ0) is 22.8. The molecule has 166 valence electrons. The molecule has 1 fully saturated rings. The smallest absolute Gasteiger partial charge is 0.335 e. The molecule has 32 heavy (non-hydrogen) atoms. The second kappa shape index (κ2) is 8.90. The van der Waals surface area contributed by atoms with Gasteiger partial charge in [-0.25, -0.2) is 13.9 Å². The number of aromatic nitrogens is 3. The Balaban J connectivity index is 1.48. The van der Waals surface area contributed by atoms with Gasteiger partial charge in [-0.05, 0) is 74.6 Å². The third-order valence-electron chi connectivity index (χ3n) is 5.92. The van der Waals surface area contributed by atoms with E-state index in [0.717, 1.165) is 29.5 Å². The molecule has 7 nitrogen and oxygen atoms in total. The molecule has 2 heterocycles. The molecule has 0 bridgehead atoms. The van der Waals surface area contributed by atoms with Gasteiger partial charge in [0.05, 0.1) is 17.8 Å². The molecule has 1 unspecified atom stereocenters. The van der Waals surface area contributed by atoms with Gasteiger partial charge >= 0.3 is 5.97 Å². The first-order valence-electron chi connectivity index (χ1n) is 10.6. The minimum atomic E-state index is -1.05. The molecule has 1 aromatic heterocycles. The lowest BCUT2D eigenvalue weighted by Gasteiger charge is -2.21. The molecule has 8 heteroatoms. The van der Waals surface area contributed by atoms with E-state index in [-0.39, 0.29) is 23.3 Å². The van der Waals surface area contributed by atoms with Crippen molar-refractivity contribution < 1.29 is 19.1 Å². The minimum absolute atomic E-state index is 0.0787. The van der Waals surface area contributed by atoms with Crippen molar-refractivity contribution in [1.29, 1.82) is 0 Å². The fourth-order valence-corrected chi connectivity index (χ4v) is 4.21. The van der Waals surface area contributed by atoms with E-state index in [9.17, 15) is 19.1 Å². The summed E-state index contributed by atoms with van der Waals surface area (Å²) in [7, 11) is 0. The Morgan fingerprint density at radius 2 is 1.84 bits per heavy atom. The highest BCUT2D eigenvalue weighted by Crippen LogP contribution is 2.27. The Morgan fingerprint density at radius 1 is 1.06 bits per heavy atom. The largest absolute Gasteiger partial charge is 0.478 e. The first-order valence-corrected chi connectivity index (χ1v) is 10.6. The molecule has 4 rings (SSSR count). The van der Waals surface area contributed by atoms with Gasteiger partial charge in [0, 0.05) is 24.2 Å². The number of amides is 1. The standard InChI is InChI=1S/C24H25FN4O3/c1-15-10-17(12-18(11-15)24(31)32)23(30)28-8-3-4-20(7-9-28)29-14-22(26-27-29)21-13-19(25)6-5-16(21)2/h5-6,10-14,20H,3-4,7-9H2,1-2H3,(H,31,32). The SMILES string of the molecule is Cc1cc(C(=O)O)cc(C(=O)N2CCCC(n3cc(-c4cc(F)ccc4C)nn3)CC2)c1. The predicted octanol–water partition coefficient (Wildman–Crippen LogP) is 4.27. The van der Waals surface area contributed by atoms with Crippen molar-refractivity contribution in [3.8, 4) is 11.3 Å². The van der Waals surface area contributed by atoms with E-state index < -0.39 is 5.97 Å². The van der Waals surface area contributed by atoms with Crippen LogP contribution in [0.2, 0.25) is 0 Å². The summed E-state index contributed by atoms with van der Waals surface area (Å²) in [4.78, 5) is 26.2. The van der Waals surface area contributed by atoms with Gasteiger partial charge in [-0.1, -0.05) is 11.3 Å². The molecular weight excluding hydrogens is 411 g/mol. The summed E-state index contributed by atoms with van der Waals surface area (Å²) in [5, 5.41) is 17.8. The van der Waals surface area contributed by atoms with Crippen LogP contribution in [0.3, 0.4) is 0 Å². The summed E-state index contributed by atoms with van der Waals surface area (Å²) in [6.07, 6.45) is 4.17. The quantitative estimate of drug-likeness (QED) is 0.660. The highest BCUT2D eigenvalue weighted by Gasteiger charge is 2.24. The highest BCUT2D eigenvalue weighted by molar-refractivity contribution is 5.97. The second-order valence-corrected chi connectivity index (χ2v) is 8.31. The number of aryl methyl sites for hydroxylation is 2. The van der Waals surface area contributed by atoms with Crippen LogP contribution < -0.4 is 0 Å². The molecule has 0 radical (unpaired) electrons. The number of hydrogen-bond donors (Lipinski definition) is 1. The fourth-order valence-electron chi connectivity index (χ4n) is 4.21. The monoisotopic (exact) mass is 436 g/mol. The number of rotatable bonds is 4. The number of carbonyl (C=O) groups excluding carboxylic acids is 1. The van der Waals surface area contributed by atoms with Crippen LogP contribution in [-0.4, -0.2) is 50.0 Å². The molecule has 0 saturated carbocycles. The van der Waals surface area contributed by atoms with Crippen LogP contribution in [0.5, 0.6) is 0 Å². The molecule has 1 aliphatic rings. The average Bonchev–Trinajstić information content (AvgIpc) is 3.12. The fraction of sp³-hybridized carbons (Fsp3) is 0.333. The summed E-state index contributed by atoms with van der Waals surface area (Å²) >= 11 is 0. The predicted molar refractivity (Wildman–Crippen MR) is 117 cm³/mol. The number of carbonyl (C=O) groups is 2. The van der Waals surface area contributed by atoms with Crippen molar-refractivity contribution in [3.63, 3.8) is 0 Å². The summed E-state index contributed by atoms with van der Waals surface area (Å²) in [5.74, 6) is -1.52. The van der Waals surface area contributed by atoms with Crippen LogP contribution >= 0.6 is 0 Å². The Hall–Kier alpha value is -3.55. The van der Waals surface area contributed by atoms with Crippen LogP contribution in [-0.2, 0) is 0 Å². The van der Waals surface area contributed by atoms with Gasteiger partial charge in [0.1, 0.15) is 11.5 Å². The molecule has 0 aliphatic carbocycles. The second-order valence-electron chi connectivity index (χ2n) is 8.31. The minimum Gasteiger partial charge on any atom is -0.478 e. The number of carboxylic acids is 1. The van der Waals surface area contributed by atoms with Crippen molar-refractivity contribution in [3.05, 3.63) is 70.7 Å². The normalized spacial score (nSPS) is 16.6. The lowest BCUT2D eigenvalue weighted by atomic mass is 10.1. The maximum atomic E-state index is 13.7. The van der Waals surface area contributed by atoms with Crippen LogP contribution in [0.4, 0.5) is 4.39 Å². The van der Waals surface area contributed by atoms with E-state index in [4.69, 9.17) is 0 Å². The van der Waals surface area contributed by atoms with Crippen molar-refractivity contribution in [2.45, 2.75) is 39.2 Å².